The average Bonchev–Trinajstić information content (AvgIpc) is 2.84. The lowest BCUT2D eigenvalue weighted by Crippen LogP contribution is -2.17. The topological polar surface area (TPSA) is 128 Å². The molecule has 1 N–H and O–H groups in total. The van der Waals surface area contributed by atoms with E-state index in [1.807, 2.05) is 30.3 Å². The lowest BCUT2D eigenvalue weighted by molar-refractivity contribution is -0.385. The van der Waals surface area contributed by atoms with Crippen molar-refractivity contribution in [3.63, 3.8) is 0 Å². The summed E-state index contributed by atoms with van der Waals surface area (Å²) < 4.78 is 30.1. The highest BCUT2D eigenvalue weighted by Gasteiger charge is 2.21. The van der Waals surface area contributed by atoms with Gasteiger partial charge in [0.2, 0.25) is 0 Å². The third-order valence-electron chi connectivity index (χ3n) is 5.14. The van der Waals surface area contributed by atoms with Gasteiger partial charge in [-0.1, -0.05) is 36.4 Å². The van der Waals surface area contributed by atoms with Crippen LogP contribution >= 0.6 is 0 Å². The molecule has 4 aromatic carbocycles. The van der Waals surface area contributed by atoms with Gasteiger partial charge in [0.1, 0.15) is 10.6 Å². The molecule has 0 spiro atoms. The van der Waals surface area contributed by atoms with Crippen molar-refractivity contribution >= 4 is 38.7 Å². The molecule has 0 atom stereocenters. The number of benzene rings is 4. The molecule has 1 amide bonds. The monoisotopic (exact) mass is 489 g/mol. The Balaban J connectivity index is 1.40. The second kappa shape index (κ2) is 9.74. The van der Waals surface area contributed by atoms with Crippen LogP contribution in [-0.4, -0.2) is 25.5 Å². The molecular weight excluding hydrogens is 470 g/mol. The van der Waals surface area contributed by atoms with Crippen LogP contribution in [0.2, 0.25) is 0 Å². The van der Waals surface area contributed by atoms with Crippen molar-refractivity contribution in [2.45, 2.75) is 11.8 Å². The molecule has 0 aliphatic carbocycles. The predicted octanol–water partition coefficient (Wildman–Crippen LogP) is 4.59. The largest absolute Gasteiger partial charge is 0.379 e. The fourth-order valence-electron chi connectivity index (χ4n) is 3.29. The van der Waals surface area contributed by atoms with Crippen LogP contribution in [0, 0.1) is 17.0 Å². The van der Waals surface area contributed by atoms with E-state index in [9.17, 15) is 23.3 Å². The predicted molar refractivity (Wildman–Crippen MR) is 131 cm³/mol. The van der Waals surface area contributed by atoms with Crippen LogP contribution in [-0.2, 0) is 10.1 Å². The zero-order valence-electron chi connectivity index (χ0n) is 18.4. The van der Waals surface area contributed by atoms with E-state index in [0.717, 1.165) is 16.8 Å². The number of nitrogens with zero attached hydrogens (tertiary/aromatic N) is 2. The summed E-state index contributed by atoms with van der Waals surface area (Å²) >= 11 is 0. The summed E-state index contributed by atoms with van der Waals surface area (Å²) in [4.78, 5) is 22.5. The Hall–Kier alpha value is -4.57. The Morgan fingerprint density at radius 1 is 0.971 bits per heavy atom. The second-order valence-electron chi connectivity index (χ2n) is 7.57. The summed E-state index contributed by atoms with van der Waals surface area (Å²) in [5.74, 6) is -0.351. The number of rotatable bonds is 7. The Kier molecular flexibility index (Phi) is 6.56. The van der Waals surface area contributed by atoms with Gasteiger partial charge in [-0.05, 0) is 65.7 Å². The number of fused-ring (bicyclic) bond motifs is 1. The van der Waals surface area contributed by atoms with E-state index in [0.29, 0.717) is 16.7 Å². The van der Waals surface area contributed by atoms with Gasteiger partial charge in [-0.3, -0.25) is 14.9 Å². The molecule has 0 radical (unpaired) electrons. The van der Waals surface area contributed by atoms with Crippen molar-refractivity contribution in [2.24, 2.45) is 5.10 Å². The van der Waals surface area contributed by atoms with Gasteiger partial charge in [-0.2, -0.15) is 13.5 Å². The molecule has 0 saturated carbocycles. The maximum Gasteiger partial charge on any atom is 0.339 e. The lowest BCUT2D eigenvalue weighted by atomic mass is 10.1. The zero-order valence-corrected chi connectivity index (χ0v) is 19.2. The van der Waals surface area contributed by atoms with E-state index >= 15 is 0 Å². The Labute approximate surface area is 200 Å². The molecule has 35 heavy (non-hydrogen) atoms. The van der Waals surface area contributed by atoms with Crippen LogP contribution in [0.4, 0.5) is 5.69 Å². The maximum atomic E-state index is 12.5. The Bertz CT molecular complexity index is 1560. The third-order valence-corrected chi connectivity index (χ3v) is 6.39. The van der Waals surface area contributed by atoms with Crippen LogP contribution in [0.25, 0.3) is 10.8 Å². The molecule has 0 aliphatic heterocycles. The summed E-state index contributed by atoms with van der Waals surface area (Å²) in [5, 5.41) is 17.0. The van der Waals surface area contributed by atoms with Gasteiger partial charge in [0.25, 0.3) is 11.6 Å². The lowest BCUT2D eigenvalue weighted by Gasteiger charge is -2.08. The first kappa shape index (κ1) is 23.6. The smallest absolute Gasteiger partial charge is 0.339 e. The molecular formula is C25H19N3O6S. The highest BCUT2D eigenvalue weighted by molar-refractivity contribution is 7.87. The van der Waals surface area contributed by atoms with E-state index in [4.69, 9.17) is 4.18 Å². The van der Waals surface area contributed by atoms with Crippen LogP contribution in [0.15, 0.2) is 94.9 Å². The van der Waals surface area contributed by atoms with Gasteiger partial charge in [0, 0.05) is 17.2 Å². The molecule has 0 saturated heterocycles. The van der Waals surface area contributed by atoms with Gasteiger partial charge in [0.15, 0.2) is 0 Å². The molecule has 4 aromatic rings. The van der Waals surface area contributed by atoms with Gasteiger partial charge in [0.05, 0.1) is 11.1 Å². The van der Waals surface area contributed by atoms with Crippen molar-refractivity contribution in [1.82, 2.24) is 5.43 Å². The van der Waals surface area contributed by atoms with Crippen LogP contribution in [0.5, 0.6) is 5.75 Å². The number of hydrazone groups is 1. The van der Waals surface area contributed by atoms with E-state index < -0.39 is 15.0 Å². The maximum absolute atomic E-state index is 12.5. The SMILES string of the molecule is Cc1ccc(S(=O)(=O)Oc2ccc(/C=N\NC(=O)c3ccc4ccccc4c3)cc2)cc1[N+](=O)[O-]. The number of aryl methyl sites for hydroxylation is 1. The second-order valence-corrected chi connectivity index (χ2v) is 9.12. The van der Waals surface area contributed by atoms with Gasteiger partial charge in [-0.15, -0.1) is 0 Å². The highest BCUT2D eigenvalue weighted by atomic mass is 32.2. The molecule has 0 unspecified atom stereocenters. The number of hydrogen-bond donors (Lipinski definition) is 1. The Morgan fingerprint density at radius 2 is 1.69 bits per heavy atom. The minimum atomic E-state index is -4.27. The normalized spacial score (nSPS) is 11.5. The minimum absolute atomic E-state index is 0.0191. The third kappa shape index (κ3) is 5.50. The molecule has 9 nitrogen and oxygen atoms in total. The van der Waals surface area contributed by atoms with E-state index in [1.165, 1.54) is 37.4 Å². The average molecular weight is 490 g/mol. The molecule has 0 heterocycles. The zero-order chi connectivity index (χ0) is 25.0. The first-order valence-corrected chi connectivity index (χ1v) is 11.8. The molecule has 0 aromatic heterocycles. The molecule has 10 heteroatoms. The van der Waals surface area contributed by atoms with Gasteiger partial charge < -0.3 is 4.18 Å². The van der Waals surface area contributed by atoms with E-state index in [2.05, 4.69) is 10.5 Å². The number of nitro benzene ring substituents is 1. The fraction of sp³-hybridized carbons (Fsp3) is 0.0400. The van der Waals surface area contributed by atoms with Crippen molar-refractivity contribution in [3.8, 4) is 5.75 Å². The first-order chi connectivity index (χ1) is 16.7. The van der Waals surface area contributed by atoms with Crippen molar-refractivity contribution in [2.75, 3.05) is 0 Å². The molecule has 4 rings (SSSR count). The summed E-state index contributed by atoms with van der Waals surface area (Å²) in [6.07, 6.45) is 1.40. The summed E-state index contributed by atoms with van der Waals surface area (Å²) in [6, 6.07) is 22.5. The summed E-state index contributed by atoms with van der Waals surface area (Å²) in [6.45, 7) is 1.51. The van der Waals surface area contributed by atoms with Crippen LogP contribution < -0.4 is 9.61 Å². The van der Waals surface area contributed by atoms with Crippen molar-refractivity contribution < 1.29 is 22.3 Å². The summed E-state index contributed by atoms with van der Waals surface area (Å²) in [7, 11) is -4.27. The van der Waals surface area contributed by atoms with E-state index in [1.54, 1.807) is 24.3 Å². The number of hydrogen-bond acceptors (Lipinski definition) is 7. The molecule has 0 fully saturated rings. The number of nitrogens with one attached hydrogen (secondary N) is 1. The Morgan fingerprint density at radius 3 is 2.40 bits per heavy atom. The summed E-state index contributed by atoms with van der Waals surface area (Å²) in [5.41, 5.74) is 3.53. The number of nitro groups is 1. The fourth-order valence-corrected chi connectivity index (χ4v) is 4.24. The standard InChI is InChI=1S/C25H19N3O6S/c1-17-6-13-23(15-24(17)28(30)31)35(32,33)34-22-11-7-18(8-12-22)16-26-27-25(29)21-10-9-19-4-2-3-5-20(19)14-21/h2-16H,1H3,(H,27,29)/b26-16-. The minimum Gasteiger partial charge on any atom is -0.379 e. The van der Waals surface area contributed by atoms with Crippen molar-refractivity contribution in [3.05, 3.63) is 112 Å². The van der Waals surface area contributed by atoms with Crippen LogP contribution in [0.1, 0.15) is 21.5 Å². The number of carbonyl (C=O) groups excluding carboxylic acids is 1. The highest BCUT2D eigenvalue weighted by Crippen LogP contribution is 2.25. The molecule has 0 bridgehead atoms. The van der Waals surface area contributed by atoms with Gasteiger partial charge >= 0.3 is 10.1 Å². The molecule has 0 aliphatic rings. The van der Waals surface area contributed by atoms with E-state index in [-0.39, 0.29) is 22.2 Å². The van der Waals surface area contributed by atoms with Crippen LogP contribution in [0.3, 0.4) is 0 Å². The quantitative estimate of drug-likeness (QED) is 0.175. The number of carbonyl (C=O) groups is 1. The first-order valence-electron chi connectivity index (χ1n) is 10.3. The van der Waals surface area contributed by atoms with Crippen molar-refractivity contribution in [1.29, 1.82) is 0 Å². The molecule has 176 valence electrons. The van der Waals surface area contributed by atoms with Gasteiger partial charge in [-0.25, -0.2) is 5.43 Å². The number of amides is 1.